The Balaban J connectivity index is 1.01. The predicted octanol–water partition coefficient (Wildman–Crippen LogP) is 3.65. The minimum atomic E-state index is -0.454. The summed E-state index contributed by atoms with van der Waals surface area (Å²) in [5.41, 5.74) is 4.04. The Morgan fingerprint density at radius 2 is 1.66 bits per heavy atom. The molecule has 0 aliphatic carbocycles. The lowest BCUT2D eigenvalue weighted by molar-refractivity contribution is -0.144. The molecule has 3 N–H and O–H groups in total. The van der Waals surface area contributed by atoms with E-state index in [1.54, 1.807) is 6.20 Å². The van der Waals surface area contributed by atoms with Crippen LogP contribution in [0, 0.1) is 5.92 Å². The highest BCUT2D eigenvalue weighted by molar-refractivity contribution is 5.91. The average Bonchev–Trinajstić information content (AvgIpc) is 3.52. The van der Waals surface area contributed by atoms with Gasteiger partial charge in [0.25, 0.3) is 0 Å². The highest BCUT2D eigenvalue weighted by Crippen LogP contribution is 2.33. The standard InChI is InChI=1S/C36H48N8O3/c1-25(27-6-7-33-28(22-27)24-38-40-33)31(35(46)43-20-18-41(19-21-43)29-8-13-37-14-9-29)23-34(45)42-15-11-30(12-16-42)44-17-10-26-4-2-3-5-32(26)39-36(44)47/h2-7,22,24-25,29-31,37H,8-21,23H2,1H3,(H,38,40)(H,39,47). The number of aromatic amines is 1. The number of para-hydroxylation sites is 1. The van der Waals surface area contributed by atoms with E-state index < -0.39 is 5.92 Å². The average molecular weight is 641 g/mol. The molecule has 0 radical (unpaired) electrons. The predicted molar refractivity (Wildman–Crippen MR) is 182 cm³/mol. The van der Waals surface area contributed by atoms with Gasteiger partial charge in [0.2, 0.25) is 11.8 Å². The van der Waals surface area contributed by atoms with Gasteiger partial charge in [-0.1, -0.05) is 31.2 Å². The Kier molecular flexibility index (Phi) is 9.44. The number of nitrogens with zero attached hydrogens (tertiary/aromatic N) is 5. The largest absolute Gasteiger partial charge is 0.343 e. The zero-order valence-electron chi connectivity index (χ0n) is 27.5. The number of fused-ring (bicyclic) bond motifs is 2. The third-order valence-electron chi connectivity index (χ3n) is 11.2. The molecule has 2 unspecified atom stereocenters. The van der Waals surface area contributed by atoms with Gasteiger partial charge in [-0.15, -0.1) is 0 Å². The van der Waals surface area contributed by atoms with Gasteiger partial charge in [0.1, 0.15) is 0 Å². The fourth-order valence-corrected chi connectivity index (χ4v) is 8.15. The number of urea groups is 1. The van der Waals surface area contributed by atoms with Crippen LogP contribution in [0.1, 0.15) is 56.1 Å². The number of carbonyl (C=O) groups is 3. The Hall–Kier alpha value is -3.96. The van der Waals surface area contributed by atoms with E-state index in [1.165, 1.54) is 0 Å². The molecular formula is C36H48N8O3. The second kappa shape index (κ2) is 14.0. The first-order valence-electron chi connectivity index (χ1n) is 17.5. The van der Waals surface area contributed by atoms with Crippen molar-refractivity contribution in [1.82, 2.24) is 35.1 Å². The molecule has 250 valence electrons. The number of nitrogens with one attached hydrogen (secondary N) is 3. The summed E-state index contributed by atoms with van der Waals surface area (Å²) < 4.78 is 0. The van der Waals surface area contributed by atoms with Crippen LogP contribution in [0.3, 0.4) is 0 Å². The van der Waals surface area contributed by atoms with Crippen molar-refractivity contribution in [3.8, 4) is 0 Å². The zero-order chi connectivity index (χ0) is 32.3. The Bertz CT molecular complexity index is 1570. The van der Waals surface area contributed by atoms with Gasteiger partial charge in [-0.25, -0.2) is 4.79 Å². The van der Waals surface area contributed by atoms with E-state index in [2.05, 4.69) is 50.9 Å². The second-order valence-electron chi connectivity index (χ2n) is 13.8. The molecule has 4 aliphatic rings. The van der Waals surface area contributed by atoms with E-state index in [0.29, 0.717) is 38.8 Å². The number of aromatic nitrogens is 2. The number of likely N-dealkylation sites (tertiary alicyclic amines) is 1. The van der Waals surface area contributed by atoms with Crippen LogP contribution in [0.5, 0.6) is 0 Å². The molecular weight excluding hydrogens is 592 g/mol. The molecule has 0 saturated carbocycles. The minimum Gasteiger partial charge on any atom is -0.343 e. The molecule has 4 aliphatic heterocycles. The lowest BCUT2D eigenvalue weighted by Crippen LogP contribution is -2.55. The number of anilines is 1. The summed E-state index contributed by atoms with van der Waals surface area (Å²) in [6.45, 7) is 9.22. The molecule has 1 aromatic heterocycles. The van der Waals surface area contributed by atoms with Crippen molar-refractivity contribution >= 4 is 34.4 Å². The Morgan fingerprint density at radius 3 is 2.45 bits per heavy atom. The van der Waals surface area contributed by atoms with Crippen LogP contribution < -0.4 is 10.6 Å². The van der Waals surface area contributed by atoms with Gasteiger partial charge < -0.3 is 25.3 Å². The summed E-state index contributed by atoms with van der Waals surface area (Å²) in [5, 5.41) is 14.7. The second-order valence-corrected chi connectivity index (χ2v) is 13.8. The molecule has 0 spiro atoms. The topological polar surface area (TPSA) is 117 Å². The monoisotopic (exact) mass is 640 g/mol. The maximum Gasteiger partial charge on any atom is 0.322 e. The van der Waals surface area contributed by atoms with E-state index >= 15 is 0 Å². The molecule has 11 nitrogen and oxygen atoms in total. The summed E-state index contributed by atoms with van der Waals surface area (Å²) >= 11 is 0. The van der Waals surface area contributed by atoms with Crippen molar-refractivity contribution in [1.29, 1.82) is 0 Å². The van der Waals surface area contributed by atoms with Crippen molar-refractivity contribution in [3.05, 3.63) is 59.8 Å². The van der Waals surface area contributed by atoms with E-state index in [4.69, 9.17) is 0 Å². The van der Waals surface area contributed by atoms with Crippen LogP contribution in [0.15, 0.2) is 48.7 Å². The van der Waals surface area contributed by atoms with E-state index in [0.717, 1.165) is 86.0 Å². The number of amides is 4. The number of hydrogen-bond donors (Lipinski definition) is 3. The quantitative estimate of drug-likeness (QED) is 0.363. The van der Waals surface area contributed by atoms with Gasteiger partial charge >= 0.3 is 6.03 Å². The zero-order valence-corrected chi connectivity index (χ0v) is 27.5. The lowest BCUT2D eigenvalue weighted by Gasteiger charge is -2.42. The molecule has 7 rings (SSSR count). The van der Waals surface area contributed by atoms with Gasteiger partial charge in [0.15, 0.2) is 0 Å². The first-order chi connectivity index (χ1) is 22.9. The number of piperidine rings is 2. The van der Waals surface area contributed by atoms with Crippen molar-refractivity contribution in [2.45, 2.75) is 63.5 Å². The SMILES string of the molecule is CC(c1ccc2[nH]ncc2c1)C(CC(=O)N1CCC(N2CCc3ccccc3NC2=O)CC1)C(=O)N1CCN(C2CCNCC2)CC1. The van der Waals surface area contributed by atoms with Crippen LogP contribution >= 0.6 is 0 Å². The van der Waals surface area contributed by atoms with Gasteiger partial charge in [0, 0.05) is 75.4 Å². The summed E-state index contributed by atoms with van der Waals surface area (Å²) in [6, 6.07) is 14.8. The van der Waals surface area contributed by atoms with Crippen molar-refractivity contribution in [2.75, 3.05) is 64.2 Å². The summed E-state index contributed by atoms with van der Waals surface area (Å²) in [6.07, 6.45) is 6.59. The van der Waals surface area contributed by atoms with Gasteiger partial charge in [-0.3, -0.25) is 19.6 Å². The number of rotatable bonds is 7. The molecule has 3 fully saturated rings. The number of piperazine rings is 1. The van der Waals surface area contributed by atoms with E-state index in [1.807, 2.05) is 39.0 Å². The third kappa shape index (κ3) is 6.87. The third-order valence-corrected chi connectivity index (χ3v) is 11.2. The Labute approximate surface area is 277 Å². The highest BCUT2D eigenvalue weighted by atomic mass is 16.2. The minimum absolute atomic E-state index is 0.0269. The molecule has 3 aromatic rings. The van der Waals surface area contributed by atoms with Crippen LogP contribution in [0.4, 0.5) is 10.5 Å². The number of hydrogen-bond acceptors (Lipinski definition) is 6. The molecule has 5 heterocycles. The van der Waals surface area contributed by atoms with Crippen LogP contribution in [0.2, 0.25) is 0 Å². The highest BCUT2D eigenvalue weighted by Gasteiger charge is 2.37. The molecule has 3 saturated heterocycles. The summed E-state index contributed by atoms with van der Waals surface area (Å²) in [4.78, 5) is 49.8. The first-order valence-corrected chi connectivity index (χ1v) is 17.5. The first kappa shape index (κ1) is 31.6. The lowest BCUT2D eigenvalue weighted by atomic mass is 9.83. The number of benzene rings is 2. The molecule has 11 heteroatoms. The van der Waals surface area contributed by atoms with Crippen LogP contribution in [-0.4, -0.2) is 119 Å². The number of carbonyl (C=O) groups excluding carboxylic acids is 3. The Morgan fingerprint density at radius 1 is 0.894 bits per heavy atom. The van der Waals surface area contributed by atoms with Gasteiger partial charge in [-0.2, -0.15) is 5.10 Å². The molecule has 0 bridgehead atoms. The van der Waals surface area contributed by atoms with E-state index in [9.17, 15) is 14.4 Å². The van der Waals surface area contributed by atoms with Crippen molar-refractivity contribution in [3.63, 3.8) is 0 Å². The molecule has 47 heavy (non-hydrogen) atoms. The fourth-order valence-electron chi connectivity index (χ4n) is 8.15. The van der Waals surface area contributed by atoms with Crippen molar-refractivity contribution < 1.29 is 14.4 Å². The number of H-pyrrole nitrogens is 1. The van der Waals surface area contributed by atoms with Crippen LogP contribution in [0.25, 0.3) is 10.9 Å². The normalized spacial score (nSPS) is 21.6. The summed E-state index contributed by atoms with van der Waals surface area (Å²) in [7, 11) is 0. The molecule has 4 amide bonds. The van der Waals surface area contributed by atoms with Gasteiger partial charge in [-0.05, 0) is 80.4 Å². The van der Waals surface area contributed by atoms with Crippen LogP contribution in [-0.2, 0) is 16.0 Å². The van der Waals surface area contributed by atoms with Gasteiger partial charge in [0.05, 0.1) is 17.6 Å². The molecule has 2 aromatic carbocycles. The summed E-state index contributed by atoms with van der Waals surface area (Å²) in [5.74, 6) is -0.476. The fraction of sp³-hybridized carbons (Fsp3) is 0.556. The maximum absolute atomic E-state index is 14.3. The smallest absolute Gasteiger partial charge is 0.322 e. The van der Waals surface area contributed by atoms with Crippen molar-refractivity contribution in [2.24, 2.45) is 5.92 Å². The molecule has 2 atom stereocenters. The van der Waals surface area contributed by atoms with E-state index in [-0.39, 0.29) is 36.2 Å². The maximum atomic E-state index is 14.3.